The van der Waals surface area contributed by atoms with Crippen LogP contribution in [0.4, 0.5) is 8.78 Å². The first-order chi connectivity index (χ1) is 13.9. The summed E-state index contributed by atoms with van der Waals surface area (Å²) in [6, 6.07) is 5.97. The number of carbonyl (C=O) groups excluding carboxylic acids is 1. The van der Waals surface area contributed by atoms with Gasteiger partial charge in [0.25, 0.3) is 0 Å². The maximum absolute atomic E-state index is 13.5. The first-order valence-corrected chi connectivity index (χ1v) is 10.8. The minimum atomic E-state index is -2.52. The summed E-state index contributed by atoms with van der Waals surface area (Å²) in [6.45, 7) is 4.30. The van der Waals surface area contributed by atoms with Crippen molar-refractivity contribution in [3.05, 3.63) is 30.1 Å². The highest BCUT2D eigenvalue weighted by Crippen LogP contribution is 2.37. The van der Waals surface area contributed by atoms with Gasteiger partial charge in [-0.3, -0.25) is 14.7 Å². The summed E-state index contributed by atoms with van der Waals surface area (Å²) < 4.78 is 33.2. The summed E-state index contributed by atoms with van der Waals surface area (Å²) in [7, 11) is 0. The first-order valence-electron chi connectivity index (χ1n) is 10.8. The summed E-state index contributed by atoms with van der Waals surface area (Å²) in [5, 5.41) is 0. The Morgan fingerprint density at radius 3 is 2.59 bits per heavy atom. The van der Waals surface area contributed by atoms with Crippen molar-refractivity contribution < 1.29 is 18.3 Å². The third kappa shape index (κ3) is 5.31. The van der Waals surface area contributed by atoms with Crippen molar-refractivity contribution in [3.8, 4) is 0 Å². The third-order valence-corrected chi connectivity index (χ3v) is 6.75. The Kier molecular flexibility index (Phi) is 6.16. The number of hydrogen-bond acceptors (Lipinski definition) is 4. The van der Waals surface area contributed by atoms with Crippen LogP contribution < -0.4 is 0 Å². The number of halogens is 2. The molecule has 3 aliphatic rings. The van der Waals surface area contributed by atoms with Gasteiger partial charge in [-0.2, -0.15) is 0 Å². The van der Waals surface area contributed by atoms with Gasteiger partial charge in [0.05, 0.1) is 24.3 Å². The van der Waals surface area contributed by atoms with E-state index in [4.69, 9.17) is 4.74 Å². The van der Waals surface area contributed by atoms with Gasteiger partial charge in [-0.25, -0.2) is 8.78 Å². The Bertz CT molecular complexity index is 683. The number of pyridine rings is 1. The lowest BCUT2D eigenvalue weighted by Crippen LogP contribution is -2.52. The van der Waals surface area contributed by atoms with Crippen molar-refractivity contribution in [3.63, 3.8) is 0 Å². The van der Waals surface area contributed by atoms with Crippen LogP contribution in [0.15, 0.2) is 24.4 Å². The highest BCUT2D eigenvalue weighted by atomic mass is 19.3. The fourth-order valence-electron chi connectivity index (χ4n) is 4.90. The van der Waals surface area contributed by atoms with Gasteiger partial charge in [-0.1, -0.05) is 6.07 Å². The maximum atomic E-state index is 13.5. The number of piperidine rings is 1. The minimum Gasteiger partial charge on any atom is -0.373 e. The normalized spacial score (nSPS) is 25.9. The highest BCUT2D eigenvalue weighted by molar-refractivity contribution is 5.76. The molecule has 0 radical (unpaired) electrons. The molecule has 0 unspecified atom stereocenters. The molecule has 1 saturated carbocycles. The lowest BCUT2D eigenvalue weighted by molar-refractivity contribution is -0.133. The van der Waals surface area contributed by atoms with Crippen LogP contribution in [0.2, 0.25) is 0 Å². The molecule has 0 aromatic carbocycles. The standard InChI is InChI=1S/C22H31F2N3O2/c23-22(24)7-4-18(5-8-22)15-27-17-21(29-14-6-20(27)28)9-12-26(13-10-21)16-19-3-1-2-11-25-19/h1-3,11,18H,4-10,12-17H2. The predicted octanol–water partition coefficient (Wildman–Crippen LogP) is 3.49. The topological polar surface area (TPSA) is 45.7 Å². The van der Waals surface area contributed by atoms with Crippen LogP contribution in [0.25, 0.3) is 0 Å². The van der Waals surface area contributed by atoms with E-state index in [0.717, 1.165) is 38.2 Å². The molecule has 2 saturated heterocycles. The van der Waals surface area contributed by atoms with E-state index in [1.165, 1.54) is 0 Å². The van der Waals surface area contributed by atoms with E-state index in [9.17, 15) is 13.6 Å². The van der Waals surface area contributed by atoms with Crippen molar-refractivity contribution in [1.29, 1.82) is 0 Å². The van der Waals surface area contributed by atoms with E-state index < -0.39 is 5.92 Å². The second-order valence-corrected chi connectivity index (χ2v) is 8.95. The second-order valence-electron chi connectivity index (χ2n) is 8.95. The molecule has 1 aliphatic carbocycles. The van der Waals surface area contributed by atoms with Gasteiger partial charge in [0.15, 0.2) is 0 Å². The molecular weight excluding hydrogens is 376 g/mol. The smallest absolute Gasteiger partial charge is 0.248 e. The lowest BCUT2D eigenvalue weighted by atomic mass is 9.85. The predicted molar refractivity (Wildman–Crippen MR) is 106 cm³/mol. The molecule has 2 aliphatic heterocycles. The van der Waals surface area contributed by atoms with Gasteiger partial charge in [0.1, 0.15) is 0 Å². The molecule has 1 aromatic rings. The Balaban J connectivity index is 1.34. The molecule has 1 aromatic heterocycles. The van der Waals surface area contributed by atoms with E-state index in [2.05, 4.69) is 9.88 Å². The summed E-state index contributed by atoms with van der Waals surface area (Å²) in [5.41, 5.74) is 0.766. The number of amides is 1. The number of ether oxygens (including phenoxy) is 1. The number of carbonyl (C=O) groups is 1. The number of nitrogens with zero attached hydrogens (tertiary/aromatic N) is 3. The summed E-state index contributed by atoms with van der Waals surface area (Å²) in [5.74, 6) is -2.24. The Morgan fingerprint density at radius 2 is 1.90 bits per heavy atom. The van der Waals surface area contributed by atoms with Gasteiger partial charge in [0.2, 0.25) is 11.8 Å². The largest absolute Gasteiger partial charge is 0.373 e. The van der Waals surface area contributed by atoms with Gasteiger partial charge in [-0.15, -0.1) is 0 Å². The zero-order chi connectivity index (χ0) is 20.3. The summed E-state index contributed by atoms with van der Waals surface area (Å²) in [6.07, 6.45) is 4.87. The molecule has 0 atom stereocenters. The fourth-order valence-corrected chi connectivity index (χ4v) is 4.90. The molecular formula is C22H31F2N3O2. The van der Waals surface area contributed by atoms with Crippen LogP contribution in [0.3, 0.4) is 0 Å². The molecule has 7 heteroatoms. The number of aromatic nitrogens is 1. The van der Waals surface area contributed by atoms with Gasteiger partial charge in [-0.05, 0) is 43.7 Å². The van der Waals surface area contributed by atoms with Gasteiger partial charge >= 0.3 is 0 Å². The van der Waals surface area contributed by atoms with Crippen LogP contribution >= 0.6 is 0 Å². The van der Waals surface area contributed by atoms with Crippen molar-refractivity contribution in [2.45, 2.75) is 63.0 Å². The van der Waals surface area contributed by atoms with Crippen LogP contribution in [-0.4, -0.2) is 65.0 Å². The molecule has 0 N–H and O–H groups in total. The van der Waals surface area contributed by atoms with Crippen molar-refractivity contribution >= 4 is 5.91 Å². The lowest BCUT2D eigenvalue weighted by Gasteiger charge is -2.43. The van der Waals surface area contributed by atoms with Gasteiger partial charge in [0, 0.05) is 51.8 Å². The summed E-state index contributed by atoms with van der Waals surface area (Å²) >= 11 is 0. The van der Waals surface area contributed by atoms with Crippen molar-refractivity contribution in [2.24, 2.45) is 5.92 Å². The summed E-state index contributed by atoms with van der Waals surface area (Å²) in [4.78, 5) is 21.3. The molecule has 160 valence electrons. The van der Waals surface area contributed by atoms with Crippen LogP contribution in [0.1, 0.15) is 50.6 Å². The molecule has 3 heterocycles. The van der Waals surface area contributed by atoms with E-state index in [1.54, 1.807) is 0 Å². The molecule has 3 fully saturated rings. The SMILES string of the molecule is O=C1CCOC2(CCN(Cc3ccccn3)CC2)CN1CC1CCC(F)(F)CC1. The molecule has 29 heavy (non-hydrogen) atoms. The fraction of sp³-hybridized carbons (Fsp3) is 0.727. The van der Waals surface area contributed by atoms with Crippen LogP contribution in [0, 0.1) is 5.92 Å². The average molecular weight is 408 g/mol. The molecule has 0 bridgehead atoms. The van der Waals surface area contributed by atoms with Crippen LogP contribution in [-0.2, 0) is 16.1 Å². The quantitative estimate of drug-likeness (QED) is 0.767. The monoisotopic (exact) mass is 407 g/mol. The number of likely N-dealkylation sites (tertiary alicyclic amines) is 1. The maximum Gasteiger partial charge on any atom is 0.248 e. The highest BCUT2D eigenvalue weighted by Gasteiger charge is 2.42. The third-order valence-electron chi connectivity index (χ3n) is 6.75. The van der Waals surface area contributed by atoms with E-state index in [-0.39, 0.29) is 30.3 Å². The molecule has 4 rings (SSSR count). The number of alkyl halides is 2. The van der Waals surface area contributed by atoms with E-state index >= 15 is 0 Å². The number of rotatable bonds is 4. The van der Waals surface area contributed by atoms with E-state index in [1.807, 2.05) is 29.3 Å². The Labute approximate surface area is 171 Å². The van der Waals surface area contributed by atoms with Crippen molar-refractivity contribution in [2.75, 3.05) is 32.8 Å². The molecule has 1 amide bonds. The zero-order valence-corrected chi connectivity index (χ0v) is 17.0. The zero-order valence-electron chi connectivity index (χ0n) is 17.0. The molecule has 5 nitrogen and oxygen atoms in total. The number of hydrogen-bond donors (Lipinski definition) is 0. The van der Waals surface area contributed by atoms with E-state index in [0.29, 0.717) is 39.0 Å². The first kappa shape index (κ1) is 20.7. The van der Waals surface area contributed by atoms with Crippen LogP contribution in [0.5, 0.6) is 0 Å². The molecule has 1 spiro atoms. The minimum absolute atomic E-state index is 0.0518. The second kappa shape index (κ2) is 8.64. The van der Waals surface area contributed by atoms with Gasteiger partial charge < -0.3 is 9.64 Å². The average Bonchev–Trinajstić information content (AvgIpc) is 2.85. The van der Waals surface area contributed by atoms with Crippen molar-refractivity contribution in [1.82, 2.24) is 14.8 Å². The Morgan fingerprint density at radius 1 is 1.14 bits per heavy atom. The Hall–Kier alpha value is -1.60.